The van der Waals surface area contributed by atoms with Gasteiger partial charge in [0.05, 0.1) is 0 Å². The normalized spacial score (nSPS) is 17.2. The number of hydrazone groups is 1. The van der Waals surface area contributed by atoms with Gasteiger partial charge in [0.25, 0.3) is 11.5 Å². The van der Waals surface area contributed by atoms with Crippen molar-refractivity contribution in [3.05, 3.63) is 11.8 Å². The van der Waals surface area contributed by atoms with Gasteiger partial charge in [-0.25, -0.2) is 9.59 Å². The molecule has 8 nitrogen and oxygen atoms in total. The second kappa shape index (κ2) is 5.55. The molecule has 1 N–H and O–H groups in total. The first-order chi connectivity index (χ1) is 9.82. The smallest absolute Gasteiger partial charge is 0.369 e. The second-order valence-electron chi connectivity index (χ2n) is 5.15. The third kappa shape index (κ3) is 3.39. The standard InChI is InChI=1S/C13H18N4O4/c1-5-6-17-8(2)7-9(16-17)14-15-10-11(18)20-13(3,4)21-12(10)19/h7H,5-6H2,1-4H3,(H,14,16). The van der Waals surface area contributed by atoms with Crippen LogP contribution in [0.15, 0.2) is 11.2 Å². The van der Waals surface area contributed by atoms with Gasteiger partial charge in [0.2, 0.25) is 0 Å². The van der Waals surface area contributed by atoms with Gasteiger partial charge < -0.3 is 9.47 Å². The number of nitrogens with one attached hydrogen (secondary N) is 1. The zero-order valence-electron chi connectivity index (χ0n) is 12.5. The average molecular weight is 294 g/mol. The zero-order valence-corrected chi connectivity index (χ0v) is 12.5. The van der Waals surface area contributed by atoms with Crippen molar-refractivity contribution in [2.75, 3.05) is 5.43 Å². The highest BCUT2D eigenvalue weighted by atomic mass is 16.7. The van der Waals surface area contributed by atoms with Crippen LogP contribution in [0.25, 0.3) is 0 Å². The van der Waals surface area contributed by atoms with E-state index in [2.05, 4.69) is 15.6 Å². The van der Waals surface area contributed by atoms with Crippen molar-refractivity contribution in [1.82, 2.24) is 9.78 Å². The molecule has 0 atom stereocenters. The number of esters is 2. The first-order valence-corrected chi connectivity index (χ1v) is 6.67. The zero-order chi connectivity index (χ0) is 15.6. The Bertz CT molecular complexity index is 581. The molecule has 0 unspecified atom stereocenters. The van der Waals surface area contributed by atoms with E-state index in [0.29, 0.717) is 5.82 Å². The Labute approximate surface area is 122 Å². The predicted octanol–water partition coefficient (Wildman–Crippen LogP) is 1.21. The van der Waals surface area contributed by atoms with E-state index in [9.17, 15) is 9.59 Å². The van der Waals surface area contributed by atoms with Crippen LogP contribution in [-0.2, 0) is 25.6 Å². The van der Waals surface area contributed by atoms with Crippen LogP contribution in [0.5, 0.6) is 0 Å². The summed E-state index contributed by atoms with van der Waals surface area (Å²) in [5.41, 5.74) is 3.10. The number of aryl methyl sites for hydroxylation is 2. The molecule has 21 heavy (non-hydrogen) atoms. The van der Waals surface area contributed by atoms with E-state index in [0.717, 1.165) is 18.7 Å². The molecule has 8 heteroatoms. The Hall–Kier alpha value is -2.38. The number of rotatable bonds is 4. The van der Waals surface area contributed by atoms with Crippen LogP contribution in [0.4, 0.5) is 5.82 Å². The van der Waals surface area contributed by atoms with Gasteiger partial charge in [0, 0.05) is 32.2 Å². The first-order valence-electron chi connectivity index (χ1n) is 6.67. The van der Waals surface area contributed by atoms with E-state index < -0.39 is 23.4 Å². The van der Waals surface area contributed by atoms with Crippen molar-refractivity contribution in [1.29, 1.82) is 0 Å². The average Bonchev–Trinajstić information content (AvgIpc) is 2.68. The van der Waals surface area contributed by atoms with Gasteiger partial charge in [-0.2, -0.15) is 10.2 Å². The lowest BCUT2D eigenvalue weighted by Gasteiger charge is -2.28. The van der Waals surface area contributed by atoms with E-state index in [1.165, 1.54) is 13.8 Å². The molecule has 0 spiro atoms. The number of nitrogens with zero attached hydrogens (tertiary/aromatic N) is 3. The SMILES string of the molecule is CCCn1nc(NN=C2C(=O)OC(C)(C)OC2=O)cc1C. The summed E-state index contributed by atoms with van der Waals surface area (Å²) in [4.78, 5) is 23.4. The molecule has 2 heterocycles. The Morgan fingerprint density at radius 2 is 1.95 bits per heavy atom. The van der Waals surface area contributed by atoms with Crippen molar-refractivity contribution >= 4 is 23.5 Å². The Morgan fingerprint density at radius 1 is 1.33 bits per heavy atom. The second-order valence-corrected chi connectivity index (χ2v) is 5.15. The molecule has 0 aromatic carbocycles. The number of aromatic nitrogens is 2. The maximum absolute atomic E-state index is 11.7. The number of hydrogen-bond donors (Lipinski definition) is 1. The maximum atomic E-state index is 11.7. The minimum Gasteiger partial charge on any atom is -0.418 e. The van der Waals surface area contributed by atoms with Crippen LogP contribution in [0.3, 0.4) is 0 Å². The summed E-state index contributed by atoms with van der Waals surface area (Å²) < 4.78 is 11.7. The van der Waals surface area contributed by atoms with Crippen LogP contribution < -0.4 is 5.43 Å². The molecule has 1 aliphatic rings. The molecule has 1 saturated heterocycles. The summed E-state index contributed by atoms with van der Waals surface area (Å²) in [6, 6.07) is 1.77. The van der Waals surface area contributed by atoms with Crippen LogP contribution in [0, 0.1) is 6.92 Å². The number of carbonyl (C=O) groups is 2. The molecule has 1 fully saturated rings. The summed E-state index contributed by atoms with van der Waals surface area (Å²) in [5.74, 6) is -2.48. The van der Waals surface area contributed by atoms with E-state index in [-0.39, 0.29) is 0 Å². The van der Waals surface area contributed by atoms with Gasteiger partial charge in [-0.1, -0.05) is 6.92 Å². The summed E-state index contributed by atoms with van der Waals surface area (Å²) >= 11 is 0. The Morgan fingerprint density at radius 3 is 2.52 bits per heavy atom. The number of anilines is 1. The van der Waals surface area contributed by atoms with Gasteiger partial charge in [0.1, 0.15) is 0 Å². The quantitative estimate of drug-likeness (QED) is 0.662. The maximum Gasteiger partial charge on any atom is 0.369 e. The van der Waals surface area contributed by atoms with Gasteiger partial charge in [-0.05, 0) is 13.3 Å². The summed E-state index contributed by atoms with van der Waals surface area (Å²) in [6.45, 7) is 7.69. The van der Waals surface area contributed by atoms with Crippen LogP contribution in [0.1, 0.15) is 32.9 Å². The fraction of sp³-hybridized carbons (Fsp3) is 0.538. The highest BCUT2D eigenvalue weighted by molar-refractivity contribution is 6.63. The van der Waals surface area contributed by atoms with Crippen LogP contribution in [-0.4, -0.2) is 33.2 Å². The number of carbonyl (C=O) groups excluding carboxylic acids is 2. The highest BCUT2D eigenvalue weighted by Crippen LogP contribution is 2.18. The molecule has 0 bridgehead atoms. The molecule has 0 aliphatic carbocycles. The monoisotopic (exact) mass is 294 g/mol. The van der Waals surface area contributed by atoms with Crippen molar-refractivity contribution in [3.63, 3.8) is 0 Å². The molecule has 0 saturated carbocycles. The number of cyclic esters (lactones) is 2. The minimum absolute atomic E-state index is 0.433. The van der Waals surface area contributed by atoms with Gasteiger partial charge in [-0.3, -0.25) is 10.1 Å². The molecule has 0 amide bonds. The molecule has 1 aromatic rings. The van der Waals surface area contributed by atoms with E-state index >= 15 is 0 Å². The van der Waals surface area contributed by atoms with Crippen molar-refractivity contribution in [2.45, 2.75) is 46.4 Å². The lowest BCUT2D eigenvalue weighted by Crippen LogP contribution is -2.47. The van der Waals surface area contributed by atoms with Crippen molar-refractivity contribution in [2.24, 2.45) is 5.10 Å². The lowest BCUT2D eigenvalue weighted by molar-refractivity contribution is -0.214. The Balaban J connectivity index is 2.12. The van der Waals surface area contributed by atoms with Crippen LogP contribution >= 0.6 is 0 Å². The fourth-order valence-electron chi connectivity index (χ4n) is 1.85. The number of ether oxygens (including phenoxy) is 2. The van der Waals surface area contributed by atoms with E-state index in [1.54, 1.807) is 6.07 Å². The van der Waals surface area contributed by atoms with Gasteiger partial charge >= 0.3 is 11.9 Å². The largest absolute Gasteiger partial charge is 0.418 e. The van der Waals surface area contributed by atoms with Crippen molar-refractivity contribution < 1.29 is 19.1 Å². The lowest BCUT2D eigenvalue weighted by atomic mass is 10.3. The molecular formula is C13H18N4O4. The Kier molecular flexibility index (Phi) is 3.97. The molecule has 114 valence electrons. The predicted molar refractivity (Wildman–Crippen MR) is 74.6 cm³/mol. The summed E-state index contributed by atoms with van der Waals surface area (Å²) in [5, 5.41) is 7.99. The first kappa shape index (κ1) is 15.0. The van der Waals surface area contributed by atoms with E-state index in [1.807, 2.05) is 18.5 Å². The third-order valence-electron chi connectivity index (χ3n) is 2.76. The highest BCUT2D eigenvalue weighted by Gasteiger charge is 2.40. The molecule has 1 aromatic heterocycles. The summed E-state index contributed by atoms with van der Waals surface area (Å²) in [7, 11) is 0. The van der Waals surface area contributed by atoms with E-state index in [4.69, 9.17) is 9.47 Å². The summed E-state index contributed by atoms with van der Waals surface area (Å²) in [6.07, 6.45) is 0.949. The van der Waals surface area contributed by atoms with Gasteiger partial charge in [0.15, 0.2) is 5.82 Å². The molecule has 2 rings (SSSR count). The minimum atomic E-state index is -1.27. The fourth-order valence-corrected chi connectivity index (χ4v) is 1.85. The number of hydrogen-bond acceptors (Lipinski definition) is 7. The van der Waals surface area contributed by atoms with Crippen LogP contribution in [0.2, 0.25) is 0 Å². The van der Waals surface area contributed by atoms with Crippen molar-refractivity contribution in [3.8, 4) is 0 Å². The third-order valence-corrected chi connectivity index (χ3v) is 2.76. The topological polar surface area (TPSA) is 94.8 Å². The molecular weight excluding hydrogens is 276 g/mol. The van der Waals surface area contributed by atoms with Gasteiger partial charge in [-0.15, -0.1) is 0 Å². The molecule has 1 aliphatic heterocycles. The molecule has 0 radical (unpaired) electrons.